The molecule has 0 saturated carbocycles. The molecule has 0 aromatic heterocycles. The third-order valence-electron chi connectivity index (χ3n) is 2.90. The largest absolute Gasteiger partial charge is 0.330 e. The molecule has 0 bridgehead atoms. The van der Waals surface area contributed by atoms with Gasteiger partial charge in [-0.1, -0.05) is 37.8 Å². The van der Waals surface area contributed by atoms with Crippen molar-refractivity contribution >= 4 is 8.07 Å². The highest BCUT2D eigenvalue weighted by atomic mass is 28.3. The summed E-state index contributed by atoms with van der Waals surface area (Å²) in [5, 5.41) is 0. The van der Waals surface area contributed by atoms with Crippen molar-refractivity contribution in [1.82, 2.24) is 0 Å². The first-order valence-corrected chi connectivity index (χ1v) is 9.03. The maximum atomic E-state index is 5.93. The summed E-state index contributed by atoms with van der Waals surface area (Å²) in [4.78, 5) is 0. The highest BCUT2D eigenvalue weighted by molar-refractivity contribution is 6.76. The number of hydrogen-bond donors (Lipinski definition) is 1. The molecular formula is C11H23NSi. The maximum absolute atomic E-state index is 5.93. The molecule has 2 heteroatoms. The van der Waals surface area contributed by atoms with Gasteiger partial charge in [-0.25, -0.2) is 0 Å². The van der Waals surface area contributed by atoms with Crippen molar-refractivity contribution in [2.24, 2.45) is 11.1 Å². The van der Waals surface area contributed by atoms with E-state index in [1.54, 1.807) is 0 Å². The van der Waals surface area contributed by atoms with Crippen LogP contribution in [0.1, 0.15) is 19.3 Å². The Balaban J connectivity index is 2.64. The van der Waals surface area contributed by atoms with Gasteiger partial charge in [0, 0.05) is 8.07 Å². The lowest BCUT2D eigenvalue weighted by atomic mass is 9.79. The fraction of sp³-hybridized carbons (Fsp3) is 0.818. The van der Waals surface area contributed by atoms with Crippen LogP contribution in [0.4, 0.5) is 0 Å². The number of allylic oxidation sites excluding steroid dienone is 2. The van der Waals surface area contributed by atoms with E-state index in [2.05, 4.69) is 31.8 Å². The standard InChI is InChI=1S/C11H23NSi/c1-13(2,3)10-11(9-12)7-5-4-6-8-11/h4-5H,6-10,12H2,1-3H3. The number of nitrogens with two attached hydrogens (primary N) is 1. The minimum absolute atomic E-state index is 0.458. The molecule has 0 aromatic carbocycles. The first kappa shape index (κ1) is 11.0. The zero-order valence-corrected chi connectivity index (χ0v) is 10.3. The van der Waals surface area contributed by atoms with Crippen molar-refractivity contribution in [2.45, 2.75) is 44.9 Å². The Morgan fingerprint density at radius 2 is 2.00 bits per heavy atom. The second kappa shape index (κ2) is 3.97. The van der Waals surface area contributed by atoms with E-state index in [0.29, 0.717) is 5.41 Å². The molecule has 13 heavy (non-hydrogen) atoms. The number of rotatable bonds is 3. The first-order chi connectivity index (χ1) is 5.97. The average Bonchev–Trinajstić information content (AvgIpc) is 2.03. The van der Waals surface area contributed by atoms with E-state index in [0.717, 1.165) is 6.54 Å². The lowest BCUT2D eigenvalue weighted by Crippen LogP contribution is -2.38. The summed E-state index contributed by atoms with van der Waals surface area (Å²) in [6.07, 6.45) is 8.40. The minimum atomic E-state index is -0.952. The number of hydrogen-bond acceptors (Lipinski definition) is 1. The van der Waals surface area contributed by atoms with Crippen LogP contribution in [-0.2, 0) is 0 Å². The molecule has 2 N–H and O–H groups in total. The van der Waals surface area contributed by atoms with Gasteiger partial charge in [0.15, 0.2) is 0 Å². The molecule has 0 heterocycles. The molecular weight excluding hydrogens is 174 g/mol. The van der Waals surface area contributed by atoms with Gasteiger partial charge < -0.3 is 5.73 Å². The van der Waals surface area contributed by atoms with Crippen LogP contribution in [0.15, 0.2) is 12.2 Å². The first-order valence-electron chi connectivity index (χ1n) is 5.33. The Kier molecular flexibility index (Phi) is 3.36. The maximum Gasteiger partial charge on any atom is 0.0448 e. The van der Waals surface area contributed by atoms with Gasteiger partial charge >= 0.3 is 0 Å². The topological polar surface area (TPSA) is 26.0 Å². The fourth-order valence-corrected chi connectivity index (χ4v) is 5.20. The highest BCUT2D eigenvalue weighted by Crippen LogP contribution is 2.39. The van der Waals surface area contributed by atoms with Crippen LogP contribution in [-0.4, -0.2) is 14.6 Å². The lowest BCUT2D eigenvalue weighted by Gasteiger charge is -2.38. The van der Waals surface area contributed by atoms with Crippen molar-refractivity contribution in [3.63, 3.8) is 0 Å². The van der Waals surface area contributed by atoms with E-state index in [1.807, 2.05) is 0 Å². The van der Waals surface area contributed by atoms with E-state index in [-0.39, 0.29) is 0 Å². The molecule has 1 atom stereocenters. The quantitative estimate of drug-likeness (QED) is 0.546. The molecule has 1 unspecified atom stereocenters. The van der Waals surface area contributed by atoms with Crippen LogP contribution in [0.2, 0.25) is 25.7 Å². The van der Waals surface area contributed by atoms with Gasteiger partial charge in [-0.05, 0) is 31.2 Å². The van der Waals surface area contributed by atoms with E-state index in [4.69, 9.17) is 5.73 Å². The van der Waals surface area contributed by atoms with Gasteiger partial charge in [-0.15, -0.1) is 0 Å². The molecule has 0 amide bonds. The molecule has 1 nitrogen and oxygen atoms in total. The van der Waals surface area contributed by atoms with Crippen molar-refractivity contribution in [3.8, 4) is 0 Å². The van der Waals surface area contributed by atoms with Crippen LogP contribution < -0.4 is 5.73 Å². The smallest absolute Gasteiger partial charge is 0.0448 e. The monoisotopic (exact) mass is 197 g/mol. The molecule has 1 rings (SSSR count). The van der Waals surface area contributed by atoms with Crippen LogP contribution in [0.5, 0.6) is 0 Å². The van der Waals surface area contributed by atoms with Crippen molar-refractivity contribution in [1.29, 1.82) is 0 Å². The third kappa shape index (κ3) is 3.28. The second-order valence-electron chi connectivity index (χ2n) is 5.66. The SMILES string of the molecule is C[Si](C)(C)CC1(CN)CC=CCC1. The molecule has 0 saturated heterocycles. The Hall–Kier alpha value is -0.0831. The van der Waals surface area contributed by atoms with Crippen LogP contribution in [0, 0.1) is 5.41 Å². The van der Waals surface area contributed by atoms with Gasteiger partial charge in [0.25, 0.3) is 0 Å². The van der Waals surface area contributed by atoms with Gasteiger partial charge in [0.05, 0.1) is 0 Å². The van der Waals surface area contributed by atoms with Crippen molar-refractivity contribution in [3.05, 3.63) is 12.2 Å². The predicted octanol–water partition coefficient (Wildman–Crippen LogP) is 3.01. The highest BCUT2D eigenvalue weighted by Gasteiger charge is 2.33. The Labute approximate surface area is 83.4 Å². The van der Waals surface area contributed by atoms with Crippen LogP contribution >= 0.6 is 0 Å². The van der Waals surface area contributed by atoms with Gasteiger partial charge in [-0.2, -0.15) is 0 Å². The summed E-state index contributed by atoms with van der Waals surface area (Å²) in [7, 11) is -0.952. The molecule has 0 aromatic rings. The van der Waals surface area contributed by atoms with E-state index in [9.17, 15) is 0 Å². The lowest BCUT2D eigenvalue weighted by molar-refractivity contribution is 0.300. The summed E-state index contributed by atoms with van der Waals surface area (Å²) < 4.78 is 0. The molecule has 0 radical (unpaired) electrons. The van der Waals surface area contributed by atoms with Gasteiger partial charge in [0.1, 0.15) is 0 Å². The third-order valence-corrected chi connectivity index (χ3v) is 4.71. The minimum Gasteiger partial charge on any atom is -0.330 e. The van der Waals surface area contributed by atoms with Crippen LogP contribution in [0.25, 0.3) is 0 Å². The molecule has 1 aliphatic rings. The molecule has 0 aliphatic heterocycles. The molecule has 76 valence electrons. The Bertz CT molecular complexity index is 193. The Morgan fingerprint density at radius 3 is 2.38 bits per heavy atom. The van der Waals surface area contributed by atoms with Gasteiger partial charge in [-0.3, -0.25) is 0 Å². The summed E-state index contributed by atoms with van der Waals surface area (Å²) >= 11 is 0. The van der Waals surface area contributed by atoms with E-state index < -0.39 is 8.07 Å². The average molecular weight is 197 g/mol. The summed E-state index contributed by atoms with van der Waals surface area (Å²) in [6, 6.07) is 1.39. The summed E-state index contributed by atoms with van der Waals surface area (Å²) in [5.74, 6) is 0. The van der Waals surface area contributed by atoms with Crippen molar-refractivity contribution in [2.75, 3.05) is 6.54 Å². The predicted molar refractivity (Wildman–Crippen MR) is 62.6 cm³/mol. The Morgan fingerprint density at radius 1 is 1.31 bits per heavy atom. The molecule has 0 fully saturated rings. The fourth-order valence-electron chi connectivity index (χ4n) is 2.49. The zero-order chi connectivity index (χ0) is 9.95. The van der Waals surface area contributed by atoms with E-state index in [1.165, 1.54) is 25.3 Å². The second-order valence-corrected chi connectivity index (χ2v) is 11.1. The van der Waals surface area contributed by atoms with Gasteiger partial charge in [0.2, 0.25) is 0 Å². The normalized spacial score (nSPS) is 29.2. The van der Waals surface area contributed by atoms with Crippen molar-refractivity contribution < 1.29 is 0 Å². The zero-order valence-electron chi connectivity index (χ0n) is 9.27. The van der Waals surface area contributed by atoms with Crippen LogP contribution in [0.3, 0.4) is 0 Å². The van der Waals surface area contributed by atoms with E-state index >= 15 is 0 Å². The summed E-state index contributed by atoms with van der Waals surface area (Å²) in [6.45, 7) is 8.22. The molecule has 1 aliphatic carbocycles. The molecule has 0 spiro atoms. The summed E-state index contributed by atoms with van der Waals surface area (Å²) in [5.41, 5.74) is 6.39.